The molecule has 1 amide bonds. The van der Waals surface area contributed by atoms with Gasteiger partial charge in [0, 0.05) is 24.5 Å². The van der Waals surface area contributed by atoms with Crippen LogP contribution in [0.5, 0.6) is 0 Å². The van der Waals surface area contributed by atoms with E-state index in [9.17, 15) is 14.4 Å². The number of aromatic nitrogens is 2. The first-order chi connectivity index (χ1) is 15.9. The quantitative estimate of drug-likeness (QED) is 0.298. The molecule has 0 saturated carbocycles. The van der Waals surface area contributed by atoms with Gasteiger partial charge >= 0.3 is 16.6 Å². The smallest absolute Gasteiger partial charge is 0.441 e. The van der Waals surface area contributed by atoms with Crippen molar-refractivity contribution in [3.05, 3.63) is 62.3 Å². The summed E-state index contributed by atoms with van der Waals surface area (Å²) in [6, 6.07) is 10.2. The van der Waals surface area contributed by atoms with Crippen LogP contribution >= 0.6 is 23.1 Å². The van der Waals surface area contributed by atoms with Crippen LogP contribution in [0, 0.1) is 0 Å². The third kappa shape index (κ3) is 5.05. The number of carbonyl (C=O) groups excluding carboxylic acids is 2. The normalized spacial score (nSPS) is 14.5. The standard InChI is InChI=1S/C22H24N4O5S2/c1-13(32-20-22(29)31-24-25(20)2)18(27)23-19-17(21(28)30-3)15-9-10-26(12-16(15)33-19)11-14-7-5-4-6-8-14/h4-8,13H,9-12H2,1-3H3,(H-,23,24,27,28,29)/p+1. The molecule has 2 N–H and O–H groups in total. The van der Waals surface area contributed by atoms with Crippen molar-refractivity contribution in [1.82, 2.24) is 10.2 Å². The van der Waals surface area contributed by atoms with Crippen LogP contribution in [0.1, 0.15) is 33.3 Å². The summed E-state index contributed by atoms with van der Waals surface area (Å²) >= 11 is 2.49. The molecule has 174 valence electrons. The fraction of sp³-hybridized carbons (Fsp3) is 0.364. The van der Waals surface area contributed by atoms with E-state index in [0.29, 0.717) is 23.5 Å². The first kappa shape index (κ1) is 23.3. The number of aryl methyl sites for hydroxylation is 1. The van der Waals surface area contributed by atoms with Gasteiger partial charge in [-0.2, -0.15) is 0 Å². The number of carbonyl (C=O) groups is 2. The number of thioether (sulfide) groups is 1. The van der Waals surface area contributed by atoms with E-state index in [0.717, 1.165) is 35.3 Å². The van der Waals surface area contributed by atoms with E-state index in [1.807, 2.05) is 18.2 Å². The molecule has 0 aliphatic carbocycles. The highest BCUT2D eigenvalue weighted by molar-refractivity contribution is 8.00. The summed E-state index contributed by atoms with van der Waals surface area (Å²) in [5, 5.41) is 5.49. The number of amides is 1. The van der Waals surface area contributed by atoms with Crippen LogP contribution in [0.3, 0.4) is 0 Å². The number of H-pyrrole nitrogens is 1. The number of fused-ring (bicyclic) bond motifs is 1. The predicted molar refractivity (Wildman–Crippen MR) is 124 cm³/mol. The Bertz CT molecular complexity index is 1220. The Morgan fingerprint density at radius 1 is 1.36 bits per heavy atom. The summed E-state index contributed by atoms with van der Waals surface area (Å²) in [6.45, 7) is 4.01. The molecular weight excluding hydrogens is 464 g/mol. The Hall–Kier alpha value is -2.89. The van der Waals surface area contributed by atoms with Gasteiger partial charge < -0.3 is 10.1 Å². The SMILES string of the molecule is COC(=O)c1c(NC(=O)C(C)Sc2c(=O)o[nH][n+]2C)sc2c1CCN(Cc1ccccc1)C2. The van der Waals surface area contributed by atoms with Crippen LogP contribution in [0.25, 0.3) is 0 Å². The Balaban J connectivity index is 1.53. The summed E-state index contributed by atoms with van der Waals surface area (Å²) in [6.07, 6.45) is 0.698. The maximum Gasteiger partial charge on any atom is 0.441 e. The number of aromatic amines is 1. The number of benzene rings is 1. The fourth-order valence-corrected chi connectivity index (χ4v) is 5.85. The lowest BCUT2D eigenvalue weighted by atomic mass is 10.0. The summed E-state index contributed by atoms with van der Waals surface area (Å²) in [7, 11) is 2.97. The number of esters is 1. The number of nitrogens with one attached hydrogen (secondary N) is 2. The van der Waals surface area contributed by atoms with Gasteiger partial charge in [-0.25, -0.2) is 9.59 Å². The van der Waals surface area contributed by atoms with Crippen LogP contribution in [0.4, 0.5) is 5.00 Å². The summed E-state index contributed by atoms with van der Waals surface area (Å²) in [5.74, 6) is -0.775. The summed E-state index contributed by atoms with van der Waals surface area (Å²) in [5.41, 5.74) is 2.05. The molecule has 1 unspecified atom stereocenters. The Morgan fingerprint density at radius 2 is 2.12 bits per heavy atom. The van der Waals surface area contributed by atoms with Crippen LogP contribution in [0.15, 0.2) is 44.7 Å². The zero-order valence-corrected chi connectivity index (χ0v) is 20.2. The van der Waals surface area contributed by atoms with Crippen LogP contribution in [-0.2, 0) is 36.1 Å². The van der Waals surface area contributed by atoms with Gasteiger partial charge in [-0.15, -0.1) is 11.3 Å². The van der Waals surface area contributed by atoms with Crippen molar-refractivity contribution < 1.29 is 23.5 Å². The molecule has 2 aromatic heterocycles. The average molecular weight is 490 g/mol. The van der Waals surface area contributed by atoms with Gasteiger partial charge in [0.1, 0.15) is 5.00 Å². The molecule has 0 fully saturated rings. The molecule has 9 nitrogen and oxygen atoms in total. The Labute approximate surface area is 198 Å². The minimum absolute atomic E-state index is 0.285. The fourth-order valence-electron chi connectivity index (χ4n) is 3.73. The third-order valence-corrected chi connectivity index (χ3v) is 7.79. The van der Waals surface area contributed by atoms with Gasteiger partial charge in [0.25, 0.3) is 0 Å². The molecule has 1 aromatic carbocycles. The molecule has 11 heteroatoms. The van der Waals surface area contributed by atoms with Gasteiger partial charge in [0.15, 0.2) is 7.05 Å². The van der Waals surface area contributed by atoms with Crippen molar-refractivity contribution >= 4 is 40.0 Å². The average Bonchev–Trinajstić information content (AvgIpc) is 3.32. The molecule has 33 heavy (non-hydrogen) atoms. The second-order valence-corrected chi connectivity index (χ2v) is 10.2. The van der Waals surface area contributed by atoms with Gasteiger partial charge in [0.2, 0.25) is 5.91 Å². The highest BCUT2D eigenvalue weighted by Crippen LogP contribution is 2.38. The third-order valence-electron chi connectivity index (χ3n) is 5.42. The number of hydrogen-bond acceptors (Lipinski definition) is 8. The lowest BCUT2D eigenvalue weighted by molar-refractivity contribution is -0.772. The molecule has 0 saturated heterocycles. The monoisotopic (exact) mass is 489 g/mol. The van der Waals surface area contributed by atoms with E-state index in [2.05, 4.69) is 27.6 Å². The lowest BCUT2D eigenvalue weighted by Crippen LogP contribution is -2.35. The molecule has 0 bridgehead atoms. The van der Waals surface area contributed by atoms with Crippen molar-refractivity contribution in [3.63, 3.8) is 0 Å². The highest BCUT2D eigenvalue weighted by Gasteiger charge is 2.31. The number of thiophene rings is 1. The first-order valence-electron chi connectivity index (χ1n) is 10.4. The zero-order valence-electron chi connectivity index (χ0n) is 18.5. The predicted octanol–water partition coefficient (Wildman–Crippen LogP) is 2.32. The van der Waals surface area contributed by atoms with E-state index in [1.54, 1.807) is 14.0 Å². The van der Waals surface area contributed by atoms with Crippen LogP contribution in [0.2, 0.25) is 0 Å². The molecule has 0 spiro atoms. The van der Waals surface area contributed by atoms with E-state index in [4.69, 9.17) is 9.26 Å². The largest absolute Gasteiger partial charge is 0.465 e. The molecule has 1 aliphatic heterocycles. The van der Waals surface area contributed by atoms with E-state index >= 15 is 0 Å². The Morgan fingerprint density at radius 3 is 2.79 bits per heavy atom. The van der Waals surface area contributed by atoms with Crippen LogP contribution < -0.4 is 15.6 Å². The molecule has 4 rings (SSSR count). The minimum atomic E-state index is -0.589. The molecule has 3 aromatic rings. The minimum Gasteiger partial charge on any atom is -0.465 e. The maximum atomic E-state index is 12.9. The van der Waals surface area contributed by atoms with Gasteiger partial charge in [0.05, 0.1) is 17.9 Å². The summed E-state index contributed by atoms with van der Waals surface area (Å²) in [4.78, 5) is 40.7. The molecule has 0 radical (unpaired) electrons. The van der Waals surface area contributed by atoms with E-state index in [1.165, 1.54) is 28.7 Å². The van der Waals surface area contributed by atoms with Gasteiger partial charge in [-0.05, 0) is 41.5 Å². The molecular formula is C22H25N4O5S2+. The Kier molecular flexibility index (Phi) is 7.01. The number of rotatable bonds is 7. The number of ether oxygens (including phenoxy) is 1. The van der Waals surface area contributed by atoms with E-state index < -0.39 is 16.8 Å². The second-order valence-electron chi connectivity index (χ2n) is 7.74. The second kappa shape index (κ2) is 9.94. The van der Waals surface area contributed by atoms with Crippen LogP contribution in [-0.4, -0.2) is 41.0 Å². The van der Waals surface area contributed by atoms with Crippen molar-refractivity contribution in [2.75, 3.05) is 19.0 Å². The summed E-state index contributed by atoms with van der Waals surface area (Å²) < 4.78 is 11.2. The number of hydrogen-bond donors (Lipinski definition) is 2. The van der Waals surface area contributed by atoms with Crippen molar-refractivity contribution in [2.24, 2.45) is 7.05 Å². The van der Waals surface area contributed by atoms with Gasteiger partial charge in [-0.1, -0.05) is 35.0 Å². The van der Waals surface area contributed by atoms with E-state index in [-0.39, 0.29) is 10.9 Å². The van der Waals surface area contributed by atoms with Gasteiger partial charge in [-0.3, -0.25) is 14.2 Å². The number of methoxy groups -OCH3 is 1. The zero-order chi connectivity index (χ0) is 23.5. The highest BCUT2D eigenvalue weighted by atomic mass is 32.2. The number of nitrogens with zero attached hydrogens (tertiary/aromatic N) is 2. The van der Waals surface area contributed by atoms with Crippen molar-refractivity contribution in [2.45, 2.75) is 36.7 Å². The lowest BCUT2D eigenvalue weighted by Gasteiger charge is -2.27. The van der Waals surface area contributed by atoms with Crippen molar-refractivity contribution in [3.8, 4) is 0 Å². The topological polar surface area (TPSA) is 109 Å². The molecule has 1 aliphatic rings. The number of anilines is 1. The molecule has 1 atom stereocenters. The van der Waals surface area contributed by atoms with Crippen molar-refractivity contribution in [1.29, 1.82) is 0 Å². The first-order valence-corrected chi connectivity index (χ1v) is 12.1. The maximum absolute atomic E-state index is 12.9. The molecule has 3 heterocycles.